The van der Waals surface area contributed by atoms with Gasteiger partial charge in [-0.1, -0.05) is 18.2 Å². The Morgan fingerprint density at radius 3 is 2.83 bits per heavy atom. The lowest BCUT2D eigenvalue weighted by molar-refractivity contribution is -0.121. The molecular weight excluding hydrogens is 371 g/mol. The predicted molar refractivity (Wildman–Crippen MR) is 109 cm³/mol. The zero-order chi connectivity index (χ0) is 20.4. The molecule has 0 spiro atoms. The number of benzene rings is 2. The molecular formula is C21H21FN6O. The topological polar surface area (TPSA) is 112 Å². The first-order valence-corrected chi connectivity index (χ1v) is 9.31. The average molecular weight is 392 g/mol. The molecule has 1 amide bonds. The molecule has 0 aliphatic carbocycles. The fourth-order valence-electron chi connectivity index (χ4n) is 3.36. The lowest BCUT2D eigenvalue weighted by Crippen LogP contribution is -2.23. The van der Waals surface area contributed by atoms with Gasteiger partial charge in [0.05, 0.1) is 5.69 Å². The van der Waals surface area contributed by atoms with E-state index < -0.39 is 0 Å². The number of nitrogen functional groups attached to an aromatic ring is 1. The highest BCUT2D eigenvalue weighted by molar-refractivity contribution is 5.91. The van der Waals surface area contributed by atoms with Crippen LogP contribution in [-0.2, 0) is 17.8 Å². The third-order valence-corrected chi connectivity index (χ3v) is 4.89. The zero-order valence-corrected chi connectivity index (χ0v) is 15.9. The molecule has 5 N–H and O–H groups in total. The monoisotopic (exact) mass is 392 g/mol. The van der Waals surface area contributed by atoms with Crippen LogP contribution in [0.4, 0.5) is 10.3 Å². The molecule has 4 aromatic rings. The third-order valence-electron chi connectivity index (χ3n) is 4.89. The van der Waals surface area contributed by atoms with Gasteiger partial charge in [0.1, 0.15) is 11.6 Å². The number of fused-ring (bicyclic) bond motifs is 1. The van der Waals surface area contributed by atoms with Crippen LogP contribution in [0.25, 0.3) is 22.2 Å². The van der Waals surface area contributed by atoms with Gasteiger partial charge >= 0.3 is 0 Å². The van der Waals surface area contributed by atoms with Crippen LogP contribution >= 0.6 is 0 Å². The van der Waals surface area contributed by atoms with E-state index in [1.807, 2.05) is 31.2 Å². The van der Waals surface area contributed by atoms with Crippen molar-refractivity contribution in [1.29, 1.82) is 0 Å². The fraction of sp³-hybridized carbons (Fsp3) is 0.190. The van der Waals surface area contributed by atoms with Crippen molar-refractivity contribution in [2.75, 3.05) is 5.73 Å². The van der Waals surface area contributed by atoms with E-state index in [1.165, 1.54) is 6.07 Å². The maximum absolute atomic E-state index is 14.2. The van der Waals surface area contributed by atoms with E-state index in [9.17, 15) is 9.18 Å². The molecule has 0 aliphatic heterocycles. The predicted octanol–water partition coefficient (Wildman–Crippen LogP) is 3.23. The number of H-pyrrole nitrogens is 2. The van der Waals surface area contributed by atoms with E-state index in [0.717, 1.165) is 27.7 Å². The van der Waals surface area contributed by atoms with E-state index in [2.05, 4.69) is 25.5 Å². The summed E-state index contributed by atoms with van der Waals surface area (Å²) >= 11 is 0. The maximum Gasteiger partial charge on any atom is 0.239 e. The van der Waals surface area contributed by atoms with Crippen LogP contribution in [0.15, 0.2) is 42.5 Å². The molecule has 0 aliphatic rings. The number of carbonyl (C=O) groups excluding carboxylic acids is 1. The van der Waals surface area contributed by atoms with Crippen molar-refractivity contribution >= 4 is 22.8 Å². The number of nitrogens with one attached hydrogen (secondary N) is 3. The van der Waals surface area contributed by atoms with Gasteiger partial charge in [0, 0.05) is 35.9 Å². The molecule has 148 valence electrons. The van der Waals surface area contributed by atoms with Gasteiger partial charge < -0.3 is 16.0 Å². The Bertz CT molecular complexity index is 1180. The molecule has 2 aromatic heterocycles. The SMILES string of the molecule is Cc1c(-c2ccccc2F)[nH]c2ccc(CNC(=O)CCc3nc(N)n[nH]3)cc12. The second-order valence-electron chi connectivity index (χ2n) is 6.90. The number of aromatic nitrogens is 4. The Hall–Kier alpha value is -3.68. The molecule has 4 rings (SSSR count). The zero-order valence-electron chi connectivity index (χ0n) is 15.9. The summed E-state index contributed by atoms with van der Waals surface area (Å²) in [4.78, 5) is 19.4. The van der Waals surface area contributed by atoms with Crippen molar-refractivity contribution in [2.45, 2.75) is 26.3 Å². The first kappa shape index (κ1) is 18.7. The van der Waals surface area contributed by atoms with Gasteiger partial charge in [-0.05, 0) is 42.3 Å². The number of carbonyl (C=O) groups is 1. The molecule has 8 heteroatoms. The highest BCUT2D eigenvalue weighted by Crippen LogP contribution is 2.31. The van der Waals surface area contributed by atoms with Crippen molar-refractivity contribution in [3.63, 3.8) is 0 Å². The number of nitrogens with two attached hydrogens (primary N) is 1. The van der Waals surface area contributed by atoms with Crippen molar-refractivity contribution in [3.8, 4) is 11.3 Å². The minimum Gasteiger partial charge on any atom is -0.367 e. The highest BCUT2D eigenvalue weighted by atomic mass is 19.1. The number of anilines is 1. The van der Waals surface area contributed by atoms with Crippen LogP contribution in [0.1, 0.15) is 23.4 Å². The summed E-state index contributed by atoms with van der Waals surface area (Å²) in [5.41, 5.74) is 9.63. The molecule has 0 atom stereocenters. The minimum absolute atomic E-state index is 0.0853. The Morgan fingerprint density at radius 2 is 2.07 bits per heavy atom. The molecule has 0 fully saturated rings. The number of amides is 1. The van der Waals surface area contributed by atoms with Crippen molar-refractivity contribution in [1.82, 2.24) is 25.5 Å². The van der Waals surface area contributed by atoms with Crippen LogP contribution in [0.2, 0.25) is 0 Å². The van der Waals surface area contributed by atoms with E-state index in [-0.39, 0.29) is 24.1 Å². The molecule has 0 radical (unpaired) electrons. The number of aryl methyl sites for hydroxylation is 2. The summed E-state index contributed by atoms with van der Waals surface area (Å²) in [5, 5.41) is 10.3. The number of rotatable bonds is 6. The van der Waals surface area contributed by atoms with Crippen molar-refractivity contribution in [3.05, 3.63) is 65.2 Å². The van der Waals surface area contributed by atoms with Gasteiger partial charge in [-0.25, -0.2) is 4.39 Å². The number of nitrogens with zero attached hydrogens (tertiary/aromatic N) is 2. The smallest absolute Gasteiger partial charge is 0.239 e. The van der Waals surface area contributed by atoms with Crippen LogP contribution < -0.4 is 11.1 Å². The second-order valence-corrected chi connectivity index (χ2v) is 6.90. The number of aromatic amines is 2. The summed E-state index contributed by atoms with van der Waals surface area (Å²) in [7, 11) is 0. The minimum atomic E-state index is -0.261. The van der Waals surface area contributed by atoms with Gasteiger partial charge in [-0.15, -0.1) is 5.10 Å². The Morgan fingerprint density at radius 1 is 1.24 bits per heavy atom. The summed E-state index contributed by atoms with van der Waals surface area (Å²) in [6.45, 7) is 2.37. The summed E-state index contributed by atoms with van der Waals surface area (Å²) < 4.78 is 14.2. The van der Waals surface area contributed by atoms with Gasteiger partial charge in [0.15, 0.2) is 0 Å². The summed E-state index contributed by atoms with van der Waals surface area (Å²) in [6, 6.07) is 12.6. The summed E-state index contributed by atoms with van der Waals surface area (Å²) in [6.07, 6.45) is 0.732. The molecule has 0 unspecified atom stereocenters. The average Bonchev–Trinajstić information content (AvgIpc) is 3.28. The van der Waals surface area contributed by atoms with Gasteiger partial charge in [-0.3, -0.25) is 9.89 Å². The molecule has 7 nitrogen and oxygen atoms in total. The van der Waals surface area contributed by atoms with E-state index >= 15 is 0 Å². The Kier molecular flexibility index (Phi) is 4.99. The lowest BCUT2D eigenvalue weighted by Gasteiger charge is -2.05. The van der Waals surface area contributed by atoms with E-state index in [0.29, 0.717) is 24.4 Å². The fourth-order valence-corrected chi connectivity index (χ4v) is 3.36. The third kappa shape index (κ3) is 3.96. The van der Waals surface area contributed by atoms with Gasteiger partial charge in [0.25, 0.3) is 0 Å². The standard InChI is InChI=1S/C21H21FN6O/c1-12-15-10-13(11-24-19(29)9-8-18-26-21(23)28-27-18)6-7-17(15)25-20(12)14-4-2-3-5-16(14)22/h2-7,10,25H,8-9,11H2,1H3,(H,24,29)(H3,23,26,27,28). The summed E-state index contributed by atoms with van der Waals surface area (Å²) in [5.74, 6) is 0.411. The van der Waals surface area contributed by atoms with Crippen molar-refractivity contribution in [2.24, 2.45) is 0 Å². The van der Waals surface area contributed by atoms with Crippen LogP contribution in [0.5, 0.6) is 0 Å². The van der Waals surface area contributed by atoms with Gasteiger partial charge in [0.2, 0.25) is 11.9 Å². The normalized spacial score (nSPS) is 11.1. The molecule has 0 bridgehead atoms. The molecule has 29 heavy (non-hydrogen) atoms. The number of hydrogen-bond acceptors (Lipinski definition) is 4. The molecule has 0 saturated carbocycles. The van der Waals surface area contributed by atoms with Gasteiger partial charge in [-0.2, -0.15) is 4.98 Å². The van der Waals surface area contributed by atoms with Crippen LogP contribution in [0, 0.1) is 12.7 Å². The first-order chi connectivity index (χ1) is 14.0. The second kappa shape index (κ2) is 7.75. The van der Waals surface area contributed by atoms with Crippen LogP contribution in [0.3, 0.4) is 0 Å². The highest BCUT2D eigenvalue weighted by Gasteiger charge is 2.13. The lowest BCUT2D eigenvalue weighted by atomic mass is 10.0. The quantitative estimate of drug-likeness (QED) is 0.403. The Balaban J connectivity index is 1.45. The molecule has 0 saturated heterocycles. The first-order valence-electron chi connectivity index (χ1n) is 9.31. The van der Waals surface area contributed by atoms with E-state index in [1.54, 1.807) is 12.1 Å². The van der Waals surface area contributed by atoms with Crippen LogP contribution in [-0.4, -0.2) is 26.1 Å². The molecule has 2 heterocycles. The number of hydrogen-bond donors (Lipinski definition) is 4. The largest absolute Gasteiger partial charge is 0.367 e. The maximum atomic E-state index is 14.2. The molecule has 2 aromatic carbocycles. The Labute approximate surface area is 166 Å². The van der Waals surface area contributed by atoms with E-state index in [4.69, 9.17) is 5.73 Å². The van der Waals surface area contributed by atoms with Crippen molar-refractivity contribution < 1.29 is 9.18 Å². The number of halogens is 1.